The Morgan fingerprint density at radius 1 is 1.42 bits per heavy atom. The van der Waals surface area contributed by atoms with E-state index in [0.29, 0.717) is 5.02 Å². The van der Waals surface area contributed by atoms with Crippen LogP contribution in [0.5, 0.6) is 0 Å². The number of pyridine rings is 1. The highest BCUT2D eigenvalue weighted by molar-refractivity contribution is 6.35. The van der Waals surface area contributed by atoms with Gasteiger partial charge in [0.2, 0.25) is 0 Å². The Morgan fingerprint density at radius 2 is 2.16 bits per heavy atom. The Hall–Kier alpha value is -2.19. The van der Waals surface area contributed by atoms with Gasteiger partial charge in [0.1, 0.15) is 5.82 Å². The number of hydrogen-bond donors (Lipinski definition) is 2. The second kappa shape index (κ2) is 5.21. The molecule has 1 amide bonds. The van der Waals surface area contributed by atoms with Crippen LogP contribution >= 0.6 is 23.2 Å². The quantitative estimate of drug-likeness (QED) is 0.666. The highest BCUT2D eigenvalue weighted by Crippen LogP contribution is 2.25. The summed E-state index contributed by atoms with van der Waals surface area (Å²) >= 11 is 11.3. The molecule has 0 aromatic carbocycles. The molecule has 0 atom stereocenters. The Bertz CT molecular complexity index is 640. The zero-order chi connectivity index (χ0) is 14.0. The number of nitrogens with one attached hydrogen (secondary N) is 2. The largest absolute Gasteiger partial charge is 0.362 e. The van der Waals surface area contributed by atoms with E-state index in [0.717, 1.165) is 0 Å². The van der Waals surface area contributed by atoms with E-state index in [2.05, 4.69) is 20.5 Å². The molecule has 10 heteroatoms. The molecule has 8 nitrogen and oxygen atoms in total. The fraction of sp³-hybridized carbons (Fsp3) is 0. The summed E-state index contributed by atoms with van der Waals surface area (Å²) < 4.78 is 0. The van der Waals surface area contributed by atoms with Crippen molar-refractivity contribution in [1.82, 2.24) is 15.2 Å². The van der Waals surface area contributed by atoms with Gasteiger partial charge in [0.05, 0.1) is 5.02 Å². The standard InChI is InChI=1S/C9H5Cl2N5O3/c10-4-1-2-5(12-3-4)13-9(17)7-6(11)8(15-14-7)16(18)19/h1-3H,(H,14,15)(H,12,13,17). The van der Waals surface area contributed by atoms with Gasteiger partial charge in [0, 0.05) is 6.20 Å². The number of amides is 1. The van der Waals surface area contributed by atoms with Crippen LogP contribution in [0.3, 0.4) is 0 Å². The van der Waals surface area contributed by atoms with E-state index in [-0.39, 0.29) is 16.5 Å². The molecule has 0 aliphatic heterocycles. The van der Waals surface area contributed by atoms with Crippen molar-refractivity contribution in [2.75, 3.05) is 5.32 Å². The monoisotopic (exact) mass is 301 g/mol. The smallest absolute Gasteiger partial charge is 0.358 e. The van der Waals surface area contributed by atoms with Crippen molar-refractivity contribution in [3.63, 3.8) is 0 Å². The summed E-state index contributed by atoms with van der Waals surface area (Å²) in [6.07, 6.45) is 1.34. The lowest BCUT2D eigenvalue weighted by Crippen LogP contribution is -2.13. The van der Waals surface area contributed by atoms with Crippen LogP contribution in [0.1, 0.15) is 10.5 Å². The number of nitrogens with zero attached hydrogens (tertiary/aromatic N) is 3. The number of aromatic nitrogens is 3. The summed E-state index contributed by atoms with van der Waals surface area (Å²) in [5.74, 6) is -1.05. The molecule has 0 saturated carbocycles. The summed E-state index contributed by atoms with van der Waals surface area (Å²) in [5.41, 5.74) is -0.287. The molecule has 0 saturated heterocycles. The summed E-state index contributed by atoms with van der Waals surface area (Å²) in [5, 5.41) is 18.5. The number of halogens is 2. The van der Waals surface area contributed by atoms with Gasteiger partial charge in [0.15, 0.2) is 10.7 Å². The van der Waals surface area contributed by atoms with Gasteiger partial charge >= 0.3 is 5.82 Å². The molecular weight excluding hydrogens is 297 g/mol. The lowest BCUT2D eigenvalue weighted by Gasteiger charge is -2.01. The van der Waals surface area contributed by atoms with Gasteiger partial charge < -0.3 is 15.4 Å². The molecule has 0 bridgehead atoms. The molecule has 0 fully saturated rings. The van der Waals surface area contributed by atoms with Crippen LogP contribution in [0.4, 0.5) is 11.6 Å². The molecule has 0 aliphatic rings. The number of aromatic amines is 1. The minimum atomic E-state index is -0.771. The fourth-order valence-electron chi connectivity index (χ4n) is 1.22. The van der Waals surface area contributed by atoms with Gasteiger partial charge in [-0.2, -0.15) is 0 Å². The van der Waals surface area contributed by atoms with E-state index in [9.17, 15) is 14.9 Å². The number of rotatable bonds is 3. The second-order valence-corrected chi connectivity index (χ2v) is 4.12. The molecule has 2 N–H and O–H groups in total. The van der Waals surface area contributed by atoms with Gasteiger partial charge in [-0.25, -0.2) is 4.98 Å². The van der Waals surface area contributed by atoms with E-state index < -0.39 is 16.6 Å². The summed E-state index contributed by atoms with van der Waals surface area (Å²) in [6, 6.07) is 2.99. The lowest BCUT2D eigenvalue weighted by molar-refractivity contribution is -0.389. The maximum atomic E-state index is 11.8. The van der Waals surface area contributed by atoms with E-state index in [1.807, 2.05) is 0 Å². The van der Waals surface area contributed by atoms with Crippen LogP contribution in [0.25, 0.3) is 0 Å². The van der Waals surface area contributed by atoms with Crippen LogP contribution < -0.4 is 5.32 Å². The normalized spacial score (nSPS) is 10.2. The highest BCUT2D eigenvalue weighted by Gasteiger charge is 2.25. The number of nitro groups is 1. The molecular formula is C9H5Cl2N5O3. The minimum Gasteiger partial charge on any atom is -0.358 e. The Morgan fingerprint density at radius 3 is 2.68 bits per heavy atom. The fourth-order valence-corrected chi connectivity index (χ4v) is 1.57. The van der Waals surface area contributed by atoms with E-state index in [1.54, 1.807) is 0 Å². The van der Waals surface area contributed by atoms with Crippen molar-refractivity contribution in [3.05, 3.63) is 44.2 Å². The lowest BCUT2D eigenvalue weighted by atomic mass is 10.4. The molecule has 2 rings (SSSR count). The summed E-state index contributed by atoms with van der Waals surface area (Å²) in [7, 11) is 0. The average molecular weight is 302 g/mol. The van der Waals surface area contributed by atoms with Crippen LogP contribution in [0.2, 0.25) is 10.0 Å². The van der Waals surface area contributed by atoms with Crippen LogP contribution in [0.15, 0.2) is 18.3 Å². The number of carbonyl (C=O) groups excluding carboxylic acids is 1. The van der Waals surface area contributed by atoms with E-state index >= 15 is 0 Å². The van der Waals surface area contributed by atoms with Crippen molar-refractivity contribution in [2.45, 2.75) is 0 Å². The van der Waals surface area contributed by atoms with E-state index in [4.69, 9.17) is 23.2 Å². The van der Waals surface area contributed by atoms with Gasteiger partial charge in [-0.15, -0.1) is 5.10 Å². The topological polar surface area (TPSA) is 114 Å². The van der Waals surface area contributed by atoms with Crippen molar-refractivity contribution in [2.24, 2.45) is 0 Å². The first kappa shape index (κ1) is 13.2. The van der Waals surface area contributed by atoms with Crippen molar-refractivity contribution < 1.29 is 9.72 Å². The number of hydrogen-bond acceptors (Lipinski definition) is 5. The number of anilines is 1. The molecule has 0 unspecified atom stereocenters. The third-order valence-electron chi connectivity index (χ3n) is 2.06. The highest BCUT2D eigenvalue weighted by atomic mass is 35.5. The molecule has 0 aliphatic carbocycles. The van der Waals surface area contributed by atoms with Crippen molar-refractivity contribution in [3.8, 4) is 0 Å². The predicted octanol–water partition coefficient (Wildman–Crippen LogP) is 2.27. The Balaban J connectivity index is 2.21. The SMILES string of the molecule is O=C(Nc1ccc(Cl)cn1)c1n[nH]c([N+](=O)[O-])c1Cl. The summed E-state index contributed by atoms with van der Waals surface area (Å²) in [4.78, 5) is 25.4. The maximum Gasteiger partial charge on any atom is 0.362 e. The third-order valence-corrected chi connectivity index (χ3v) is 2.64. The first-order chi connectivity index (χ1) is 8.99. The van der Waals surface area contributed by atoms with Gasteiger partial charge in [-0.1, -0.05) is 28.3 Å². The Kier molecular flexibility index (Phi) is 3.63. The third kappa shape index (κ3) is 2.80. The molecule has 0 radical (unpaired) electrons. The first-order valence-electron chi connectivity index (χ1n) is 4.80. The van der Waals surface area contributed by atoms with Gasteiger partial charge in [-0.3, -0.25) is 4.79 Å². The molecule has 2 heterocycles. The molecule has 19 heavy (non-hydrogen) atoms. The molecule has 2 aromatic rings. The molecule has 0 spiro atoms. The number of carbonyl (C=O) groups is 1. The van der Waals surface area contributed by atoms with Crippen LogP contribution in [0, 0.1) is 10.1 Å². The zero-order valence-electron chi connectivity index (χ0n) is 9.05. The zero-order valence-corrected chi connectivity index (χ0v) is 10.6. The predicted molar refractivity (Wildman–Crippen MR) is 67.5 cm³/mol. The minimum absolute atomic E-state index is 0.219. The average Bonchev–Trinajstić information content (AvgIpc) is 2.74. The van der Waals surface area contributed by atoms with Gasteiger partial charge in [-0.05, 0) is 17.1 Å². The Labute approximate surface area is 115 Å². The van der Waals surface area contributed by atoms with Crippen molar-refractivity contribution >= 4 is 40.7 Å². The first-order valence-corrected chi connectivity index (χ1v) is 5.56. The second-order valence-electron chi connectivity index (χ2n) is 3.31. The van der Waals surface area contributed by atoms with Crippen LogP contribution in [-0.4, -0.2) is 26.0 Å². The van der Waals surface area contributed by atoms with Crippen LogP contribution in [-0.2, 0) is 0 Å². The van der Waals surface area contributed by atoms with Crippen molar-refractivity contribution in [1.29, 1.82) is 0 Å². The molecule has 2 aromatic heterocycles. The maximum absolute atomic E-state index is 11.8. The van der Waals surface area contributed by atoms with Gasteiger partial charge in [0.25, 0.3) is 5.91 Å². The van der Waals surface area contributed by atoms with E-state index in [1.165, 1.54) is 18.3 Å². The molecule has 98 valence electrons. The number of H-pyrrole nitrogens is 1. The summed E-state index contributed by atoms with van der Waals surface area (Å²) in [6.45, 7) is 0.